The van der Waals surface area contributed by atoms with Crippen LogP contribution in [0.2, 0.25) is 5.02 Å². The number of ether oxygens (including phenoxy) is 1. The highest BCUT2D eigenvalue weighted by atomic mass is 35.5. The average Bonchev–Trinajstić information content (AvgIpc) is 2.25. The minimum Gasteiger partial charge on any atom is -0.377 e. The third-order valence-electron chi connectivity index (χ3n) is 2.16. The Kier molecular flexibility index (Phi) is 5.74. The predicted octanol–water partition coefficient (Wildman–Crippen LogP) is 2.81. The second-order valence-electron chi connectivity index (χ2n) is 3.86. The second kappa shape index (κ2) is 6.84. The molecule has 1 aromatic heterocycles. The van der Waals surface area contributed by atoms with Crippen molar-refractivity contribution in [2.45, 2.75) is 32.9 Å². The van der Waals surface area contributed by atoms with Crippen LogP contribution in [0.15, 0.2) is 18.3 Å². The molecule has 0 amide bonds. The minimum atomic E-state index is 0.0566. The summed E-state index contributed by atoms with van der Waals surface area (Å²) in [5, 5.41) is 4.00. The van der Waals surface area contributed by atoms with Crippen LogP contribution in [-0.4, -0.2) is 24.2 Å². The van der Waals surface area contributed by atoms with E-state index in [1.165, 1.54) is 0 Å². The van der Waals surface area contributed by atoms with E-state index >= 15 is 0 Å². The number of nitrogens with one attached hydrogen (secondary N) is 1. The summed E-state index contributed by atoms with van der Waals surface area (Å²) in [7, 11) is 0. The molecule has 1 atom stereocenters. The van der Waals surface area contributed by atoms with E-state index in [1.807, 2.05) is 26.0 Å². The van der Waals surface area contributed by atoms with Gasteiger partial charge in [-0.15, -0.1) is 0 Å². The Morgan fingerprint density at radius 2 is 2.25 bits per heavy atom. The molecule has 0 saturated heterocycles. The standard InChI is InChI=1S/C12H19ClN2O/c1-4-14-11(8-16-9(2)3)12-10(13)6-5-7-15-12/h5-7,9,11,14H,4,8H2,1-3H3. The van der Waals surface area contributed by atoms with E-state index in [1.54, 1.807) is 6.20 Å². The lowest BCUT2D eigenvalue weighted by atomic mass is 10.2. The summed E-state index contributed by atoms with van der Waals surface area (Å²) in [6.45, 7) is 7.53. The van der Waals surface area contributed by atoms with Gasteiger partial charge in [0.2, 0.25) is 0 Å². The fourth-order valence-corrected chi connectivity index (χ4v) is 1.68. The Hall–Kier alpha value is -0.640. The minimum absolute atomic E-state index is 0.0566. The Labute approximate surface area is 102 Å². The van der Waals surface area contributed by atoms with Crippen molar-refractivity contribution in [1.82, 2.24) is 10.3 Å². The van der Waals surface area contributed by atoms with Gasteiger partial charge in [-0.05, 0) is 32.5 Å². The molecule has 1 rings (SSSR count). The molecule has 1 unspecified atom stereocenters. The molecule has 90 valence electrons. The second-order valence-corrected chi connectivity index (χ2v) is 4.27. The highest BCUT2D eigenvalue weighted by Crippen LogP contribution is 2.20. The molecule has 0 aromatic carbocycles. The number of halogens is 1. The van der Waals surface area contributed by atoms with E-state index < -0.39 is 0 Å². The largest absolute Gasteiger partial charge is 0.377 e. The first-order chi connectivity index (χ1) is 7.65. The topological polar surface area (TPSA) is 34.1 Å². The molecule has 0 saturated carbocycles. The van der Waals surface area contributed by atoms with Crippen molar-refractivity contribution in [3.8, 4) is 0 Å². The normalized spacial score (nSPS) is 13.1. The Morgan fingerprint density at radius 3 is 2.81 bits per heavy atom. The summed E-state index contributed by atoms with van der Waals surface area (Å²) in [6, 6.07) is 3.74. The van der Waals surface area contributed by atoms with Gasteiger partial charge in [-0.3, -0.25) is 4.98 Å². The van der Waals surface area contributed by atoms with Gasteiger partial charge in [-0.2, -0.15) is 0 Å². The molecule has 0 bridgehead atoms. The first-order valence-corrected chi connectivity index (χ1v) is 5.98. The molecule has 1 N–H and O–H groups in total. The van der Waals surface area contributed by atoms with Crippen molar-refractivity contribution >= 4 is 11.6 Å². The summed E-state index contributed by atoms with van der Waals surface area (Å²) in [4.78, 5) is 4.30. The van der Waals surface area contributed by atoms with Gasteiger partial charge in [0.25, 0.3) is 0 Å². The quantitative estimate of drug-likeness (QED) is 0.833. The highest BCUT2D eigenvalue weighted by molar-refractivity contribution is 6.31. The number of hydrogen-bond donors (Lipinski definition) is 1. The lowest BCUT2D eigenvalue weighted by Gasteiger charge is -2.19. The van der Waals surface area contributed by atoms with Crippen LogP contribution < -0.4 is 5.32 Å². The molecule has 0 aliphatic rings. The number of nitrogens with zero attached hydrogens (tertiary/aromatic N) is 1. The third-order valence-corrected chi connectivity index (χ3v) is 2.48. The van der Waals surface area contributed by atoms with Crippen molar-refractivity contribution in [3.63, 3.8) is 0 Å². The van der Waals surface area contributed by atoms with Crippen molar-refractivity contribution < 1.29 is 4.74 Å². The molecular weight excluding hydrogens is 224 g/mol. The maximum absolute atomic E-state index is 6.11. The first-order valence-electron chi connectivity index (χ1n) is 5.60. The molecule has 0 spiro atoms. The number of likely N-dealkylation sites (N-methyl/N-ethyl adjacent to an activating group) is 1. The zero-order chi connectivity index (χ0) is 12.0. The summed E-state index contributed by atoms with van der Waals surface area (Å²) in [6.07, 6.45) is 1.96. The van der Waals surface area contributed by atoms with Crippen LogP contribution in [0.5, 0.6) is 0 Å². The van der Waals surface area contributed by atoms with E-state index in [9.17, 15) is 0 Å². The van der Waals surface area contributed by atoms with E-state index in [4.69, 9.17) is 16.3 Å². The monoisotopic (exact) mass is 242 g/mol. The zero-order valence-electron chi connectivity index (χ0n) is 10.0. The fourth-order valence-electron chi connectivity index (χ4n) is 1.42. The van der Waals surface area contributed by atoms with E-state index in [0.717, 1.165) is 12.2 Å². The summed E-state index contributed by atoms with van der Waals surface area (Å²) < 4.78 is 5.60. The number of aromatic nitrogens is 1. The van der Waals surface area contributed by atoms with E-state index in [2.05, 4.69) is 17.2 Å². The number of pyridine rings is 1. The van der Waals surface area contributed by atoms with Crippen molar-refractivity contribution in [1.29, 1.82) is 0 Å². The lowest BCUT2D eigenvalue weighted by molar-refractivity contribution is 0.0606. The summed E-state index contributed by atoms with van der Waals surface area (Å²) in [5.41, 5.74) is 0.853. The van der Waals surface area contributed by atoms with Gasteiger partial charge in [0.05, 0.1) is 29.5 Å². The van der Waals surface area contributed by atoms with Gasteiger partial charge in [0, 0.05) is 6.20 Å². The average molecular weight is 243 g/mol. The van der Waals surface area contributed by atoms with E-state index in [-0.39, 0.29) is 12.1 Å². The van der Waals surface area contributed by atoms with Gasteiger partial charge in [-0.25, -0.2) is 0 Å². The zero-order valence-corrected chi connectivity index (χ0v) is 10.8. The van der Waals surface area contributed by atoms with Gasteiger partial charge in [0.1, 0.15) is 0 Å². The van der Waals surface area contributed by atoms with Crippen molar-refractivity contribution in [3.05, 3.63) is 29.0 Å². The maximum atomic E-state index is 6.11. The van der Waals surface area contributed by atoms with Crippen molar-refractivity contribution in [2.75, 3.05) is 13.2 Å². The third kappa shape index (κ3) is 4.08. The molecule has 1 aromatic rings. The molecule has 0 aliphatic heterocycles. The van der Waals surface area contributed by atoms with Crippen LogP contribution in [-0.2, 0) is 4.74 Å². The molecule has 1 heterocycles. The van der Waals surface area contributed by atoms with Crippen LogP contribution in [0.4, 0.5) is 0 Å². The molecule has 0 fully saturated rings. The Bertz CT molecular complexity index is 318. The maximum Gasteiger partial charge on any atom is 0.0782 e. The summed E-state index contributed by atoms with van der Waals surface area (Å²) in [5.74, 6) is 0. The van der Waals surface area contributed by atoms with Gasteiger partial charge >= 0.3 is 0 Å². The molecule has 0 aliphatic carbocycles. The lowest BCUT2D eigenvalue weighted by Crippen LogP contribution is -2.27. The van der Waals surface area contributed by atoms with Crippen LogP contribution >= 0.6 is 11.6 Å². The Morgan fingerprint density at radius 1 is 1.50 bits per heavy atom. The fraction of sp³-hybridized carbons (Fsp3) is 0.583. The molecule has 16 heavy (non-hydrogen) atoms. The smallest absolute Gasteiger partial charge is 0.0782 e. The first kappa shape index (κ1) is 13.4. The van der Waals surface area contributed by atoms with E-state index in [0.29, 0.717) is 11.6 Å². The number of hydrogen-bond acceptors (Lipinski definition) is 3. The van der Waals surface area contributed by atoms with Crippen LogP contribution in [0.3, 0.4) is 0 Å². The van der Waals surface area contributed by atoms with Crippen LogP contribution in [0.1, 0.15) is 32.5 Å². The molecular formula is C12H19ClN2O. The molecule has 0 radical (unpaired) electrons. The Balaban J connectivity index is 2.73. The van der Waals surface area contributed by atoms with Gasteiger partial charge < -0.3 is 10.1 Å². The molecule has 3 nitrogen and oxygen atoms in total. The van der Waals surface area contributed by atoms with Crippen LogP contribution in [0.25, 0.3) is 0 Å². The SMILES string of the molecule is CCNC(COC(C)C)c1ncccc1Cl. The van der Waals surface area contributed by atoms with Gasteiger partial charge in [-0.1, -0.05) is 18.5 Å². The highest BCUT2D eigenvalue weighted by Gasteiger charge is 2.15. The van der Waals surface area contributed by atoms with Crippen molar-refractivity contribution in [2.24, 2.45) is 0 Å². The van der Waals surface area contributed by atoms with Crippen LogP contribution in [0, 0.1) is 0 Å². The predicted molar refractivity (Wildman–Crippen MR) is 66.8 cm³/mol. The molecule has 4 heteroatoms. The summed E-state index contributed by atoms with van der Waals surface area (Å²) >= 11 is 6.11. The van der Waals surface area contributed by atoms with Gasteiger partial charge in [0.15, 0.2) is 0 Å². The number of rotatable bonds is 6.